The van der Waals surface area contributed by atoms with Crippen LogP contribution in [0.2, 0.25) is 0 Å². The van der Waals surface area contributed by atoms with Gasteiger partial charge in [-0.25, -0.2) is 0 Å². The number of carbonyl (C=O) groups excluding carboxylic acids is 2. The van der Waals surface area contributed by atoms with Crippen molar-refractivity contribution < 1.29 is 14.3 Å². The fraction of sp³-hybridized carbons (Fsp3) is 0.636. The van der Waals surface area contributed by atoms with Crippen LogP contribution in [-0.4, -0.2) is 61.4 Å². The summed E-state index contributed by atoms with van der Waals surface area (Å²) in [5, 5.41) is 2.92. The number of rotatable bonds is 9. The maximum absolute atomic E-state index is 12.9. The lowest BCUT2D eigenvalue weighted by atomic mass is 10.0. The van der Waals surface area contributed by atoms with Crippen molar-refractivity contribution in [1.82, 2.24) is 15.1 Å². The Hall–Kier alpha value is -2.08. The molecule has 2 rings (SSSR count). The van der Waals surface area contributed by atoms with E-state index >= 15 is 0 Å². The van der Waals surface area contributed by atoms with E-state index in [4.69, 9.17) is 4.74 Å². The van der Waals surface area contributed by atoms with Gasteiger partial charge in [-0.15, -0.1) is 0 Å². The van der Waals surface area contributed by atoms with Crippen molar-refractivity contribution in [3.05, 3.63) is 29.8 Å². The Kier molecular flexibility index (Phi) is 9.28. The highest BCUT2D eigenvalue weighted by molar-refractivity contribution is 5.79. The molecule has 1 N–H and O–H groups in total. The number of ether oxygens (including phenoxy) is 1. The predicted octanol–water partition coefficient (Wildman–Crippen LogP) is 2.99. The average Bonchev–Trinajstić information content (AvgIpc) is 2.96. The van der Waals surface area contributed by atoms with Crippen LogP contribution in [0, 0.1) is 0 Å². The first-order valence-electron chi connectivity index (χ1n) is 10.4. The SMILES string of the molecule is CCN(CCN1CCCCCC1)C(=O)C[C@@H](NC(C)=O)c1ccc(OC)cc1. The zero-order chi connectivity index (χ0) is 20.4. The van der Waals surface area contributed by atoms with E-state index in [1.807, 2.05) is 36.1 Å². The molecule has 0 saturated carbocycles. The van der Waals surface area contributed by atoms with Crippen LogP contribution in [-0.2, 0) is 9.59 Å². The Morgan fingerprint density at radius 3 is 2.32 bits per heavy atom. The van der Waals surface area contributed by atoms with Crippen LogP contribution in [0.4, 0.5) is 0 Å². The van der Waals surface area contributed by atoms with Crippen molar-refractivity contribution in [2.45, 2.75) is 52.0 Å². The molecule has 0 spiro atoms. The molecular weight excluding hydrogens is 354 g/mol. The largest absolute Gasteiger partial charge is 0.497 e. The van der Waals surface area contributed by atoms with Crippen molar-refractivity contribution in [3.8, 4) is 5.75 Å². The molecule has 1 saturated heterocycles. The molecule has 0 bridgehead atoms. The van der Waals surface area contributed by atoms with E-state index in [1.165, 1.54) is 32.6 Å². The number of methoxy groups -OCH3 is 1. The van der Waals surface area contributed by atoms with E-state index in [1.54, 1.807) is 7.11 Å². The number of nitrogens with zero attached hydrogens (tertiary/aromatic N) is 2. The van der Waals surface area contributed by atoms with E-state index in [0.29, 0.717) is 6.54 Å². The Bertz CT molecular complexity index is 610. The highest BCUT2D eigenvalue weighted by Crippen LogP contribution is 2.21. The first-order chi connectivity index (χ1) is 13.5. The summed E-state index contributed by atoms with van der Waals surface area (Å²) < 4.78 is 5.20. The zero-order valence-electron chi connectivity index (χ0n) is 17.6. The molecule has 0 aliphatic carbocycles. The molecule has 0 aromatic heterocycles. The van der Waals surface area contributed by atoms with Gasteiger partial charge in [-0.2, -0.15) is 0 Å². The molecule has 1 aliphatic heterocycles. The van der Waals surface area contributed by atoms with Gasteiger partial charge in [0.1, 0.15) is 5.75 Å². The monoisotopic (exact) mass is 389 g/mol. The maximum Gasteiger partial charge on any atom is 0.225 e. The number of hydrogen-bond acceptors (Lipinski definition) is 4. The Morgan fingerprint density at radius 1 is 1.14 bits per heavy atom. The summed E-state index contributed by atoms with van der Waals surface area (Å²) in [6, 6.07) is 7.18. The number of likely N-dealkylation sites (N-methyl/N-ethyl adjacent to an activating group) is 1. The number of amides is 2. The van der Waals surface area contributed by atoms with Crippen molar-refractivity contribution in [2.75, 3.05) is 39.8 Å². The van der Waals surface area contributed by atoms with Crippen LogP contribution in [0.15, 0.2) is 24.3 Å². The number of nitrogens with one attached hydrogen (secondary N) is 1. The third-order valence-corrected chi connectivity index (χ3v) is 5.39. The minimum Gasteiger partial charge on any atom is -0.497 e. The van der Waals surface area contributed by atoms with Crippen LogP contribution < -0.4 is 10.1 Å². The summed E-state index contributed by atoms with van der Waals surface area (Å²) in [6.45, 7) is 8.11. The third-order valence-electron chi connectivity index (χ3n) is 5.39. The normalized spacial score (nSPS) is 16.1. The molecule has 6 heteroatoms. The number of likely N-dealkylation sites (tertiary alicyclic amines) is 1. The van der Waals surface area contributed by atoms with Gasteiger partial charge in [0.05, 0.1) is 19.6 Å². The van der Waals surface area contributed by atoms with Gasteiger partial charge in [-0.1, -0.05) is 25.0 Å². The molecule has 1 aliphatic rings. The third kappa shape index (κ3) is 7.15. The second kappa shape index (κ2) is 11.7. The van der Waals surface area contributed by atoms with Crippen LogP contribution >= 0.6 is 0 Å². The van der Waals surface area contributed by atoms with Gasteiger partial charge in [0.25, 0.3) is 0 Å². The lowest BCUT2D eigenvalue weighted by Crippen LogP contribution is -2.40. The molecule has 28 heavy (non-hydrogen) atoms. The van der Waals surface area contributed by atoms with Crippen molar-refractivity contribution in [1.29, 1.82) is 0 Å². The van der Waals surface area contributed by atoms with Gasteiger partial charge >= 0.3 is 0 Å². The zero-order valence-corrected chi connectivity index (χ0v) is 17.6. The van der Waals surface area contributed by atoms with E-state index in [2.05, 4.69) is 10.2 Å². The Morgan fingerprint density at radius 2 is 1.79 bits per heavy atom. The number of benzene rings is 1. The summed E-state index contributed by atoms with van der Waals surface area (Å²) >= 11 is 0. The highest BCUT2D eigenvalue weighted by Gasteiger charge is 2.21. The number of hydrogen-bond donors (Lipinski definition) is 1. The minimum absolute atomic E-state index is 0.0758. The Balaban J connectivity index is 1.97. The van der Waals surface area contributed by atoms with Gasteiger partial charge in [0.2, 0.25) is 11.8 Å². The molecule has 1 atom stereocenters. The second-order valence-corrected chi connectivity index (χ2v) is 7.46. The van der Waals surface area contributed by atoms with Crippen molar-refractivity contribution in [3.63, 3.8) is 0 Å². The first kappa shape index (κ1) is 22.2. The highest BCUT2D eigenvalue weighted by atomic mass is 16.5. The van der Waals surface area contributed by atoms with E-state index in [9.17, 15) is 9.59 Å². The molecule has 0 unspecified atom stereocenters. The van der Waals surface area contributed by atoms with Crippen LogP contribution in [0.25, 0.3) is 0 Å². The van der Waals surface area contributed by atoms with Gasteiger partial charge in [0.15, 0.2) is 0 Å². The van der Waals surface area contributed by atoms with Crippen LogP contribution in [0.5, 0.6) is 5.75 Å². The predicted molar refractivity (Wildman–Crippen MR) is 111 cm³/mol. The molecule has 156 valence electrons. The number of carbonyl (C=O) groups is 2. The van der Waals surface area contributed by atoms with E-state index < -0.39 is 0 Å². The molecule has 1 aromatic carbocycles. The Labute approximate surface area is 169 Å². The van der Waals surface area contributed by atoms with Gasteiger partial charge < -0.3 is 19.9 Å². The van der Waals surface area contributed by atoms with Gasteiger partial charge in [-0.3, -0.25) is 9.59 Å². The summed E-state index contributed by atoms with van der Waals surface area (Å²) in [4.78, 5) is 29.0. The summed E-state index contributed by atoms with van der Waals surface area (Å²) in [5.74, 6) is 0.692. The van der Waals surface area contributed by atoms with Gasteiger partial charge in [-0.05, 0) is 50.6 Å². The van der Waals surface area contributed by atoms with E-state index in [0.717, 1.165) is 37.5 Å². The first-order valence-corrected chi connectivity index (χ1v) is 10.4. The molecule has 1 fully saturated rings. The standard InChI is InChI=1S/C22H35N3O3/c1-4-25(16-15-24-13-7-5-6-8-14-24)22(27)17-21(23-18(2)26)19-9-11-20(28-3)12-10-19/h9-12,21H,4-8,13-17H2,1-3H3,(H,23,26)/t21-/m1/s1. The molecule has 6 nitrogen and oxygen atoms in total. The topological polar surface area (TPSA) is 61.9 Å². The average molecular weight is 390 g/mol. The lowest BCUT2D eigenvalue weighted by molar-refractivity contribution is -0.132. The maximum atomic E-state index is 12.9. The van der Waals surface area contributed by atoms with Crippen molar-refractivity contribution >= 4 is 11.8 Å². The minimum atomic E-state index is -0.330. The summed E-state index contributed by atoms with van der Waals surface area (Å²) in [6.07, 6.45) is 5.39. The van der Waals surface area contributed by atoms with Crippen LogP contribution in [0.1, 0.15) is 57.6 Å². The molecule has 1 aromatic rings. The second-order valence-electron chi connectivity index (χ2n) is 7.46. The smallest absolute Gasteiger partial charge is 0.225 e. The van der Waals surface area contributed by atoms with Gasteiger partial charge in [0, 0.05) is 26.6 Å². The van der Waals surface area contributed by atoms with Crippen molar-refractivity contribution in [2.24, 2.45) is 0 Å². The quantitative estimate of drug-likeness (QED) is 0.705. The lowest BCUT2D eigenvalue weighted by Gasteiger charge is -2.28. The fourth-order valence-corrected chi connectivity index (χ4v) is 3.72. The molecular formula is C22H35N3O3. The van der Waals surface area contributed by atoms with Crippen LogP contribution in [0.3, 0.4) is 0 Å². The molecule has 1 heterocycles. The van der Waals surface area contributed by atoms with E-state index in [-0.39, 0.29) is 24.3 Å². The summed E-state index contributed by atoms with van der Waals surface area (Å²) in [7, 11) is 1.62. The summed E-state index contributed by atoms with van der Waals surface area (Å²) in [5.41, 5.74) is 0.910. The fourth-order valence-electron chi connectivity index (χ4n) is 3.72. The molecule has 2 amide bonds. The molecule has 0 radical (unpaired) electrons.